The predicted molar refractivity (Wildman–Crippen MR) is 49.5 cm³/mol. The number of nitrogens with zero attached hydrogens (tertiary/aromatic N) is 1. The lowest BCUT2D eigenvalue weighted by atomic mass is 10.4. The van der Waals surface area contributed by atoms with E-state index >= 15 is 0 Å². The lowest BCUT2D eigenvalue weighted by molar-refractivity contribution is 0.223. The molecule has 0 saturated carbocycles. The first-order valence-electron chi connectivity index (χ1n) is 4.20. The van der Waals surface area contributed by atoms with Gasteiger partial charge in [0.1, 0.15) is 11.0 Å². The largest absolute Gasteiger partial charge is 0.486 e. The Hall–Kier alpha value is -1.14. The van der Waals surface area contributed by atoms with Crippen LogP contribution in [0.1, 0.15) is 6.92 Å². The average molecular weight is 214 g/mol. The van der Waals surface area contributed by atoms with Crippen molar-refractivity contribution in [3.8, 4) is 5.75 Å². The van der Waals surface area contributed by atoms with Crippen molar-refractivity contribution in [3.05, 3.63) is 18.5 Å². The van der Waals surface area contributed by atoms with Crippen molar-refractivity contribution in [2.24, 2.45) is 0 Å². The van der Waals surface area contributed by atoms with Crippen LogP contribution in [0.5, 0.6) is 5.75 Å². The average Bonchev–Trinajstić information content (AvgIpc) is 2.25. The van der Waals surface area contributed by atoms with Crippen LogP contribution in [0.15, 0.2) is 23.4 Å². The third kappa shape index (κ3) is 1.58. The molecule has 1 aliphatic heterocycles. The number of nitrogens with one attached hydrogen (secondary N) is 1. The molecule has 0 amide bonds. The minimum Gasteiger partial charge on any atom is -0.486 e. The van der Waals surface area contributed by atoms with Gasteiger partial charge in [-0.3, -0.25) is 4.98 Å². The molecule has 1 aromatic rings. The van der Waals surface area contributed by atoms with Crippen molar-refractivity contribution < 1.29 is 13.2 Å². The number of pyridine rings is 1. The monoisotopic (exact) mass is 214 g/mol. The molecule has 1 atom stereocenters. The zero-order chi connectivity index (χ0) is 10.2. The fourth-order valence-electron chi connectivity index (χ4n) is 1.24. The maximum Gasteiger partial charge on any atom is 0.244 e. The van der Waals surface area contributed by atoms with Crippen LogP contribution in [0, 0.1) is 0 Å². The summed E-state index contributed by atoms with van der Waals surface area (Å²) in [5.74, 6) is 0.310. The number of hydrogen-bond donors (Lipinski definition) is 1. The molecule has 0 fully saturated rings. The van der Waals surface area contributed by atoms with Gasteiger partial charge in [-0.2, -0.15) is 0 Å². The SMILES string of the molecule is C[C@@H]1CNS(=O)(=O)c2ccncc2O1. The number of rotatable bonds is 0. The molecule has 1 N–H and O–H groups in total. The summed E-state index contributed by atoms with van der Waals surface area (Å²) < 4.78 is 31.1. The molecule has 5 nitrogen and oxygen atoms in total. The van der Waals surface area contributed by atoms with Crippen LogP contribution < -0.4 is 9.46 Å². The van der Waals surface area contributed by atoms with Gasteiger partial charge in [-0.25, -0.2) is 13.1 Å². The lowest BCUT2D eigenvalue weighted by Crippen LogP contribution is -2.29. The first-order chi connectivity index (χ1) is 6.59. The smallest absolute Gasteiger partial charge is 0.244 e. The highest BCUT2D eigenvalue weighted by Crippen LogP contribution is 2.24. The molecule has 0 bridgehead atoms. The molecule has 2 rings (SSSR count). The molecular weight excluding hydrogens is 204 g/mol. The van der Waals surface area contributed by atoms with Gasteiger partial charge in [0.05, 0.1) is 6.20 Å². The van der Waals surface area contributed by atoms with E-state index < -0.39 is 10.0 Å². The van der Waals surface area contributed by atoms with E-state index in [9.17, 15) is 8.42 Å². The molecule has 0 saturated heterocycles. The van der Waals surface area contributed by atoms with E-state index in [4.69, 9.17) is 4.74 Å². The Labute approximate surface area is 82.2 Å². The lowest BCUT2D eigenvalue weighted by Gasteiger charge is -2.09. The number of sulfonamides is 1. The number of ether oxygens (including phenoxy) is 1. The third-order valence-corrected chi connectivity index (χ3v) is 3.39. The van der Waals surface area contributed by atoms with Crippen molar-refractivity contribution in [2.75, 3.05) is 6.54 Å². The van der Waals surface area contributed by atoms with E-state index in [0.29, 0.717) is 5.75 Å². The highest BCUT2D eigenvalue weighted by molar-refractivity contribution is 7.89. The molecular formula is C8H10N2O3S. The summed E-state index contributed by atoms with van der Waals surface area (Å²) in [6, 6.07) is 1.43. The van der Waals surface area contributed by atoms with E-state index in [1.54, 1.807) is 6.92 Å². The van der Waals surface area contributed by atoms with Gasteiger partial charge in [0.25, 0.3) is 0 Å². The second-order valence-corrected chi connectivity index (χ2v) is 4.84. The number of fused-ring (bicyclic) bond motifs is 1. The highest BCUT2D eigenvalue weighted by Gasteiger charge is 2.25. The maximum atomic E-state index is 11.6. The zero-order valence-corrected chi connectivity index (χ0v) is 8.41. The minimum atomic E-state index is -3.43. The molecule has 14 heavy (non-hydrogen) atoms. The van der Waals surface area contributed by atoms with Crippen LogP contribution in [0.3, 0.4) is 0 Å². The molecule has 0 aromatic carbocycles. The van der Waals surface area contributed by atoms with Crippen LogP contribution in [0.4, 0.5) is 0 Å². The first kappa shape index (κ1) is 9.42. The van der Waals surface area contributed by atoms with Crippen LogP contribution in [-0.4, -0.2) is 26.1 Å². The summed E-state index contributed by atoms with van der Waals surface area (Å²) in [4.78, 5) is 3.97. The summed E-state index contributed by atoms with van der Waals surface area (Å²) in [7, 11) is -3.43. The van der Waals surface area contributed by atoms with Gasteiger partial charge in [0.15, 0.2) is 5.75 Å². The van der Waals surface area contributed by atoms with Crippen LogP contribution in [0.2, 0.25) is 0 Å². The Morgan fingerprint density at radius 2 is 2.43 bits per heavy atom. The molecule has 1 aliphatic rings. The molecule has 0 spiro atoms. The molecule has 0 aliphatic carbocycles. The van der Waals surface area contributed by atoms with E-state index in [1.807, 2.05) is 0 Å². The Morgan fingerprint density at radius 1 is 1.64 bits per heavy atom. The van der Waals surface area contributed by atoms with E-state index in [0.717, 1.165) is 0 Å². The first-order valence-corrected chi connectivity index (χ1v) is 5.68. The summed E-state index contributed by atoms with van der Waals surface area (Å²) in [6.45, 7) is 2.07. The van der Waals surface area contributed by atoms with Gasteiger partial charge in [-0.1, -0.05) is 0 Å². The van der Waals surface area contributed by atoms with Gasteiger partial charge >= 0.3 is 0 Å². The summed E-state index contributed by atoms with van der Waals surface area (Å²) in [5.41, 5.74) is 0. The van der Waals surface area contributed by atoms with Gasteiger partial charge in [0.2, 0.25) is 10.0 Å². The predicted octanol–water partition coefficient (Wildman–Crippen LogP) is 0.141. The Balaban J connectivity index is 2.58. The fourth-order valence-corrected chi connectivity index (χ4v) is 2.46. The third-order valence-electron chi connectivity index (χ3n) is 1.93. The van der Waals surface area contributed by atoms with Crippen molar-refractivity contribution in [2.45, 2.75) is 17.9 Å². The maximum absolute atomic E-state index is 11.6. The van der Waals surface area contributed by atoms with Gasteiger partial charge < -0.3 is 4.74 Å². The summed E-state index contributed by atoms with van der Waals surface area (Å²) in [6.07, 6.45) is 2.66. The molecule has 0 radical (unpaired) electrons. The normalized spacial score (nSPS) is 24.5. The van der Waals surface area contributed by atoms with Gasteiger partial charge in [-0.05, 0) is 13.0 Å². The fraction of sp³-hybridized carbons (Fsp3) is 0.375. The van der Waals surface area contributed by atoms with Crippen molar-refractivity contribution >= 4 is 10.0 Å². The summed E-state index contributed by atoms with van der Waals surface area (Å²) >= 11 is 0. The molecule has 0 unspecified atom stereocenters. The molecule has 6 heteroatoms. The van der Waals surface area contributed by atoms with Crippen LogP contribution in [-0.2, 0) is 10.0 Å². The standard InChI is InChI=1S/C8H10N2O3S/c1-6-4-10-14(11,12)8-2-3-9-5-7(8)13-6/h2-3,5-6,10H,4H2,1H3/t6-/m1/s1. The van der Waals surface area contributed by atoms with Crippen molar-refractivity contribution in [1.29, 1.82) is 0 Å². The Kier molecular flexibility index (Phi) is 2.16. The van der Waals surface area contributed by atoms with Gasteiger partial charge in [-0.15, -0.1) is 0 Å². The highest BCUT2D eigenvalue weighted by atomic mass is 32.2. The topological polar surface area (TPSA) is 68.3 Å². The van der Waals surface area contributed by atoms with Crippen molar-refractivity contribution in [1.82, 2.24) is 9.71 Å². The number of hydrogen-bond acceptors (Lipinski definition) is 4. The van der Waals surface area contributed by atoms with Gasteiger partial charge in [0, 0.05) is 12.7 Å². The summed E-state index contributed by atoms with van der Waals surface area (Å²) in [5, 5.41) is 0. The van der Waals surface area contributed by atoms with Crippen LogP contribution in [0.25, 0.3) is 0 Å². The second kappa shape index (κ2) is 3.21. The minimum absolute atomic E-state index is 0.150. The Bertz CT molecular complexity index is 444. The zero-order valence-electron chi connectivity index (χ0n) is 7.60. The quantitative estimate of drug-likeness (QED) is 0.667. The van der Waals surface area contributed by atoms with E-state index in [1.165, 1.54) is 18.5 Å². The number of aromatic nitrogens is 1. The van der Waals surface area contributed by atoms with E-state index in [2.05, 4.69) is 9.71 Å². The van der Waals surface area contributed by atoms with Crippen molar-refractivity contribution in [3.63, 3.8) is 0 Å². The second-order valence-electron chi connectivity index (χ2n) is 3.10. The molecule has 2 heterocycles. The molecule has 1 aromatic heterocycles. The molecule has 76 valence electrons. The van der Waals surface area contributed by atoms with Crippen LogP contribution >= 0.6 is 0 Å². The van der Waals surface area contributed by atoms with E-state index in [-0.39, 0.29) is 17.5 Å². The Morgan fingerprint density at radius 3 is 3.21 bits per heavy atom.